The number of hydrogen-bond donors (Lipinski definition) is 4. The Morgan fingerprint density at radius 3 is 1.07 bits per heavy atom. The molecule has 0 aromatic carbocycles. The van der Waals surface area contributed by atoms with E-state index in [-0.39, 0.29) is 26.2 Å². The molecule has 0 heterocycles. The summed E-state index contributed by atoms with van der Waals surface area (Å²) in [6, 6.07) is 0. The van der Waals surface area contributed by atoms with Crippen molar-refractivity contribution in [3.63, 3.8) is 0 Å². The van der Waals surface area contributed by atoms with Crippen molar-refractivity contribution in [2.75, 3.05) is 58.9 Å². The molecule has 0 unspecified atom stereocenters. The van der Waals surface area contributed by atoms with Gasteiger partial charge in [-0.2, -0.15) is 0 Å². The number of rotatable bonds is 16. The Balaban J connectivity index is 4.98. The second-order valence-electron chi connectivity index (χ2n) is 5.76. The summed E-state index contributed by atoms with van der Waals surface area (Å²) in [6.07, 6.45) is 0. The Morgan fingerprint density at radius 2 is 0.821 bits per heavy atom. The fourth-order valence-electron chi connectivity index (χ4n) is 2.25. The predicted molar refractivity (Wildman–Crippen MR) is 90.7 cm³/mol. The number of aliphatic carboxylic acids is 4. The van der Waals surface area contributed by atoms with Gasteiger partial charge in [-0.15, -0.1) is 4.91 Å². The lowest BCUT2D eigenvalue weighted by atomic mass is 10.3. The molecule has 14 nitrogen and oxygen atoms in total. The highest BCUT2D eigenvalue weighted by Crippen LogP contribution is 1.98. The zero-order chi connectivity index (χ0) is 21.7. The summed E-state index contributed by atoms with van der Waals surface area (Å²) in [7, 11) is 0. The van der Waals surface area contributed by atoms with Gasteiger partial charge in [-0.3, -0.25) is 38.7 Å². The van der Waals surface area contributed by atoms with E-state index in [2.05, 4.69) is 5.18 Å². The molecule has 158 valence electrons. The standard InChI is InChI=1S/C14H22N4O10/c19-10(15-28)5-16(1-3-17(6-11(20)21)7-12(22)23)2-4-18(8-13(24)25)9-14(26)27/h1-9H2,(H,20,21)(H,22,23)(H,24,25)(H,26,27). The molecule has 0 aliphatic rings. The van der Waals surface area contributed by atoms with Crippen LogP contribution in [0.5, 0.6) is 0 Å². The van der Waals surface area contributed by atoms with Crippen LogP contribution >= 0.6 is 0 Å². The molecule has 0 aromatic rings. The summed E-state index contributed by atoms with van der Waals surface area (Å²) in [4.78, 5) is 68.4. The van der Waals surface area contributed by atoms with E-state index in [9.17, 15) is 28.9 Å². The van der Waals surface area contributed by atoms with E-state index in [1.54, 1.807) is 0 Å². The van der Waals surface area contributed by atoms with Crippen molar-refractivity contribution in [2.24, 2.45) is 5.18 Å². The molecule has 0 saturated heterocycles. The van der Waals surface area contributed by atoms with Crippen molar-refractivity contribution in [1.82, 2.24) is 14.7 Å². The van der Waals surface area contributed by atoms with Crippen molar-refractivity contribution in [2.45, 2.75) is 0 Å². The molecule has 0 aliphatic carbocycles. The van der Waals surface area contributed by atoms with Gasteiger partial charge in [0.1, 0.15) is 0 Å². The van der Waals surface area contributed by atoms with E-state index >= 15 is 0 Å². The summed E-state index contributed by atoms with van der Waals surface area (Å²) in [6.45, 7) is -2.95. The van der Waals surface area contributed by atoms with Crippen molar-refractivity contribution < 1.29 is 44.4 Å². The highest BCUT2D eigenvalue weighted by Gasteiger charge is 2.19. The number of carbonyl (C=O) groups excluding carboxylic acids is 1. The number of carbonyl (C=O) groups is 5. The van der Waals surface area contributed by atoms with Gasteiger partial charge in [0.05, 0.1) is 32.7 Å². The molecule has 0 atom stereocenters. The summed E-state index contributed by atoms with van der Waals surface area (Å²) >= 11 is 0. The zero-order valence-corrected chi connectivity index (χ0v) is 14.9. The number of carboxylic acids is 4. The topological polar surface area (TPSA) is 205 Å². The Labute approximate surface area is 158 Å². The maximum atomic E-state index is 11.3. The van der Waals surface area contributed by atoms with Gasteiger partial charge in [0.25, 0.3) is 5.91 Å². The van der Waals surface area contributed by atoms with Gasteiger partial charge in [0.2, 0.25) is 0 Å². The maximum absolute atomic E-state index is 11.3. The van der Waals surface area contributed by atoms with Gasteiger partial charge < -0.3 is 20.4 Å². The van der Waals surface area contributed by atoms with Crippen LogP contribution in [0.4, 0.5) is 0 Å². The summed E-state index contributed by atoms with van der Waals surface area (Å²) < 4.78 is 0. The van der Waals surface area contributed by atoms with Gasteiger partial charge in [-0.25, -0.2) is 0 Å². The van der Waals surface area contributed by atoms with Crippen LogP contribution in [0, 0.1) is 4.91 Å². The Kier molecular flexibility index (Phi) is 11.8. The fourth-order valence-corrected chi connectivity index (χ4v) is 2.25. The first kappa shape index (κ1) is 25.0. The predicted octanol–water partition coefficient (Wildman–Crippen LogP) is -2.48. The van der Waals surface area contributed by atoms with Crippen molar-refractivity contribution in [3.8, 4) is 0 Å². The number of nitroso groups, excluding NO2 is 1. The summed E-state index contributed by atoms with van der Waals surface area (Å²) in [5.41, 5.74) is 0. The van der Waals surface area contributed by atoms with Crippen LogP contribution in [0.3, 0.4) is 0 Å². The Bertz CT molecular complexity index is 525. The second-order valence-corrected chi connectivity index (χ2v) is 5.76. The quantitative estimate of drug-likeness (QED) is 0.196. The van der Waals surface area contributed by atoms with Crippen LogP contribution < -0.4 is 0 Å². The van der Waals surface area contributed by atoms with E-state index in [1.165, 1.54) is 4.90 Å². The molecule has 0 spiro atoms. The number of hydrogen-bond acceptors (Lipinski definition) is 9. The van der Waals surface area contributed by atoms with Gasteiger partial charge in [0.15, 0.2) is 0 Å². The minimum atomic E-state index is -1.26. The SMILES string of the molecule is O=NC(=O)CN(CCN(CC(=O)O)CC(=O)O)CCN(CC(=O)O)CC(=O)O. The lowest BCUT2D eigenvalue weighted by molar-refractivity contribution is -0.143. The average molecular weight is 406 g/mol. The monoisotopic (exact) mass is 406 g/mol. The summed E-state index contributed by atoms with van der Waals surface area (Å²) in [5, 5.41) is 37.5. The summed E-state index contributed by atoms with van der Waals surface area (Å²) in [5.74, 6) is -6.06. The zero-order valence-electron chi connectivity index (χ0n) is 14.9. The van der Waals surface area contributed by atoms with Crippen LogP contribution in [-0.4, -0.2) is 124 Å². The first-order valence-electron chi connectivity index (χ1n) is 7.94. The number of carboxylic acid groups (broad SMARTS) is 4. The molecule has 0 aromatic heterocycles. The largest absolute Gasteiger partial charge is 0.480 e. The Hall–Kier alpha value is -2.97. The van der Waals surface area contributed by atoms with E-state index in [4.69, 9.17) is 20.4 Å². The lowest BCUT2D eigenvalue weighted by Crippen LogP contribution is -2.45. The Morgan fingerprint density at radius 1 is 0.536 bits per heavy atom. The number of amides is 1. The van der Waals surface area contributed by atoms with E-state index in [0.717, 1.165) is 9.80 Å². The molecule has 28 heavy (non-hydrogen) atoms. The third-order valence-corrected chi connectivity index (χ3v) is 3.36. The van der Waals surface area contributed by atoms with Gasteiger partial charge in [-0.05, 0) is 0 Å². The van der Waals surface area contributed by atoms with Crippen LogP contribution in [0.1, 0.15) is 0 Å². The molecule has 0 aliphatic heterocycles. The minimum Gasteiger partial charge on any atom is -0.480 e. The molecular weight excluding hydrogens is 384 g/mol. The lowest BCUT2D eigenvalue weighted by Gasteiger charge is -2.27. The van der Waals surface area contributed by atoms with E-state index in [0.29, 0.717) is 0 Å². The molecule has 0 rings (SSSR count). The molecule has 4 N–H and O–H groups in total. The van der Waals surface area contributed by atoms with Gasteiger partial charge in [0, 0.05) is 31.4 Å². The third-order valence-electron chi connectivity index (χ3n) is 3.36. The fraction of sp³-hybridized carbons (Fsp3) is 0.643. The molecular formula is C14H22N4O10. The average Bonchev–Trinajstić information content (AvgIpc) is 2.54. The van der Waals surface area contributed by atoms with Gasteiger partial charge in [-0.1, -0.05) is 0 Å². The van der Waals surface area contributed by atoms with Gasteiger partial charge >= 0.3 is 23.9 Å². The van der Waals surface area contributed by atoms with E-state index in [1.807, 2.05) is 0 Å². The number of nitrogens with zero attached hydrogens (tertiary/aromatic N) is 4. The molecule has 0 fully saturated rings. The van der Waals surface area contributed by atoms with Crippen LogP contribution in [0.2, 0.25) is 0 Å². The van der Waals surface area contributed by atoms with Crippen LogP contribution in [0.15, 0.2) is 5.18 Å². The third kappa shape index (κ3) is 13.3. The molecule has 14 heteroatoms. The van der Waals surface area contributed by atoms with Crippen LogP contribution in [0.25, 0.3) is 0 Å². The highest BCUT2D eigenvalue weighted by atomic mass is 16.4. The minimum absolute atomic E-state index is 0.0319. The van der Waals surface area contributed by atoms with Crippen molar-refractivity contribution >= 4 is 29.8 Å². The van der Waals surface area contributed by atoms with Crippen molar-refractivity contribution in [3.05, 3.63) is 4.91 Å². The highest BCUT2D eigenvalue weighted by molar-refractivity contribution is 5.78. The first-order chi connectivity index (χ1) is 13.0. The first-order valence-corrected chi connectivity index (χ1v) is 7.94. The normalized spacial score (nSPS) is 11.0. The smallest absolute Gasteiger partial charge is 0.317 e. The molecule has 0 bridgehead atoms. The molecule has 0 radical (unpaired) electrons. The van der Waals surface area contributed by atoms with Crippen molar-refractivity contribution in [1.29, 1.82) is 0 Å². The molecule has 0 saturated carbocycles. The van der Waals surface area contributed by atoms with E-state index < -0.39 is 62.5 Å². The molecule has 1 amide bonds. The maximum Gasteiger partial charge on any atom is 0.317 e. The van der Waals surface area contributed by atoms with Crippen LogP contribution in [-0.2, 0) is 24.0 Å². The second kappa shape index (κ2) is 13.2.